The highest BCUT2D eigenvalue weighted by atomic mass is 35.5. The van der Waals surface area contributed by atoms with Crippen LogP contribution in [-0.2, 0) is 14.8 Å². The summed E-state index contributed by atoms with van der Waals surface area (Å²) in [5.74, 6) is -0.410. The predicted octanol–water partition coefficient (Wildman–Crippen LogP) is 3.35. The van der Waals surface area contributed by atoms with Crippen LogP contribution >= 0.6 is 22.9 Å². The van der Waals surface area contributed by atoms with Crippen LogP contribution in [0.5, 0.6) is 0 Å². The van der Waals surface area contributed by atoms with E-state index in [4.69, 9.17) is 11.6 Å². The molecule has 2 aromatic rings. The second-order valence-corrected chi connectivity index (χ2v) is 10.1. The van der Waals surface area contributed by atoms with Gasteiger partial charge in [0.25, 0.3) is 0 Å². The summed E-state index contributed by atoms with van der Waals surface area (Å²) in [6, 6.07) is 6.06. The Hall–Kier alpha value is -1.55. The molecule has 1 aliphatic rings. The Bertz CT molecular complexity index is 913. The lowest BCUT2D eigenvalue weighted by Gasteiger charge is -2.31. The number of piperidine rings is 1. The number of nitrogens with zero attached hydrogens (tertiary/aromatic N) is 3. The number of amides is 1. The van der Waals surface area contributed by atoms with Crippen molar-refractivity contribution in [1.82, 2.24) is 14.5 Å². The lowest BCUT2D eigenvalue weighted by molar-refractivity contribution is -0.120. The number of halogens is 1. The summed E-state index contributed by atoms with van der Waals surface area (Å²) in [6.07, 6.45) is 1.26. The van der Waals surface area contributed by atoms with E-state index in [1.807, 2.05) is 13.8 Å². The first-order valence-corrected chi connectivity index (χ1v) is 11.3. The van der Waals surface area contributed by atoms with E-state index >= 15 is 0 Å². The third-order valence-electron chi connectivity index (χ3n) is 4.37. The minimum Gasteiger partial charge on any atom is -0.300 e. The maximum atomic E-state index is 12.8. The lowest BCUT2D eigenvalue weighted by atomic mass is 9.99. The van der Waals surface area contributed by atoms with Crippen LogP contribution in [0.2, 0.25) is 5.02 Å². The summed E-state index contributed by atoms with van der Waals surface area (Å²) in [7, 11) is -3.66. The first-order chi connectivity index (χ1) is 12.8. The van der Waals surface area contributed by atoms with Crippen molar-refractivity contribution in [3.05, 3.63) is 34.3 Å². The number of rotatable bonds is 5. The quantitative estimate of drug-likeness (QED) is 0.788. The zero-order chi connectivity index (χ0) is 19.6. The van der Waals surface area contributed by atoms with Crippen LogP contribution in [0.4, 0.5) is 5.13 Å². The molecule has 1 fully saturated rings. The molecule has 1 amide bonds. The van der Waals surface area contributed by atoms with E-state index in [0.717, 1.165) is 5.01 Å². The average Bonchev–Trinajstić information content (AvgIpc) is 3.11. The third kappa shape index (κ3) is 4.66. The van der Waals surface area contributed by atoms with Crippen LogP contribution in [0.15, 0.2) is 29.2 Å². The molecule has 0 spiro atoms. The Morgan fingerprint density at radius 3 is 2.63 bits per heavy atom. The Balaban J connectivity index is 1.69. The Labute approximate surface area is 167 Å². The summed E-state index contributed by atoms with van der Waals surface area (Å²) >= 11 is 7.18. The van der Waals surface area contributed by atoms with Gasteiger partial charge in [0.1, 0.15) is 5.01 Å². The van der Waals surface area contributed by atoms with Crippen molar-refractivity contribution in [2.75, 3.05) is 18.4 Å². The zero-order valence-corrected chi connectivity index (χ0v) is 17.4. The first kappa shape index (κ1) is 20.2. The van der Waals surface area contributed by atoms with Crippen LogP contribution in [0, 0.1) is 5.92 Å². The number of benzene rings is 1. The highest BCUT2D eigenvalue weighted by Gasteiger charge is 2.33. The maximum Gasteiger partial charge on any atom is 0.243 e. The van der Waals surface area contributed by atoms with Gasteiger partial charge in [-0.3, -0.25) is 4.79 Å². The summed E-state index contributed by atoms with van der Waals surface area (Å²) in [6.45, 7) is 4.55. The van der Waals surface area contributed by atoms with Gasteiger partial charge in [0, 0.05) is 24.0 Å². The standard InChI is InChI=1S/C17H21ClN4O3S2/c1-11(2)16-20-21-17(26-16)19-15(23)12-4-3-9-22(10-12)27(24,25)14-7-5-13(18)6-8-14/h5-8,11-12H,3-4,9-10H2,1-2H3,(H,19,21,23)/t12-/m0/s1. The van der Waals surface area contributed by atoms with Crippen LogP contribution in [0.3, 0.4) is 0 Å². The molecule has 10 heteroatoms. The monoisotopic (exact) mass is 428 g/mol. The smallest absolute Gasteiger partial charge is 0.243 e. The zero-order valence-electron chi connectivity index (χ0n) is 15.1. The number of hydrogen-bond donors (Lipinski definition) is 1. The van der Waals surface area contributed by atoms with Gasteiger partial charge in [-0.15, -0.1) is 10.2 Å². The van der Waals surface area contributed by atoms with Gasteiger partial charge in [0.15, 0.2) is 0 Å². The molecular formula is C17H21ClN4O3S2. The van der Waals surface area contributed by atoms with Crippen LogP contribution in [-0.4, -0.2) is 41.9 Å². The van der Waals surface area contributed by atoms with Gasteiger partial charge in [0.05, 0.1) is 10.8 Å². The van der Waals surface area contributed by atoms with Crippen molar-refractivity contribution in [3.8, 4) is 0 Å². The van der Waals surface area contributed by atoms with E-state index in [-0.39, 0.29) is 23.3 Å². The molecule has 146 valence electrons. The van der Waals surface area contributed by atoms with Gasteiger partial charge in [-0.05, 0) is 37.1 Å². The fourth-order valence-electron chi connectivity index (χ4n) is 2.86. The largest absolute Gasteiger partial charge is 0.300 e. The van der Waals surface area contributed by atoms with Crippen molar-refractivity contribution in [2.45, 2.75) is 37.5 Å². The van der Waals surface area contributed by atoms with Crippen LogP contribution < -0.4 is 5.32 Å². The fraction of sp³-hybridized carbons (Fsp3) is 0.471. The number of sulfonamides is 1. The SMILES string of the molecule is CC(C)c1nnc(NC(=O)[C@H]2CCCN(S(=O)(=O)c3ccc(Cl)cc3)C2)s1. The number of anilines is 1. The molecule has 2 heterocycles. The molecule has 1 N–H and O–H groups in total. The predicted molar refractivity (Wildman–Crippen MR) is 106 cm³/mol. The second-order valence-electron chi connectivity index (χ2n) is 6.75. The molecule has 0 aliphatic carbocycles. The summed E-state index contributed by atoms with van der Waals surface area (Å²) in [5.41, 5.74) is 0. The molecule has 1 aromatic carbocycles. The number of aromatic nitrogens is 2. The first-order valence-electron chi connectivity index (χ1n) is 8.67. The van der Waals surface area contributed by atoms with Crippen LogP contribution in [0.25, 0.3) is 0 Å². The molecule has 0 saturated carbocycles. The van der Waals surface area contributed by atoms with Gasteiger partial charge in [-0.1, -0.05) is 36.8 Å². The normalized spacial score (nSPS) is 18.6. The molecular weight excluding hydrogens is 408 g/mol. The van der Waals surface area contributed by atoms with E-state index in [0.29, 0.717) is 29.5 Å². The molecule has 0 bridgehead atoms. The third-order valence-corrected chi connectivity index (χ3v) is 7.64. The molecule has 1 atom stereocenters. The van der Waals surface area contributed by atoms with Gasteiger partial charge < -0.3 is 5.32 Å². The van der Waals surface area contributed by atoms with E-state index in [1.165, 1.54) is 27.8 Å². The van der Waals surface area contributed by atoms with Gasteiger partial charge in [-0.2, -0.15) is 4.31 Å². The van der Waals surface area contributed by atoms with Gasteiger partial charge in [-0.25, -0.2) is 8.42 Å². The number of carbonyl (C=O) groups is 1. The molecule has 1 saturated heterocycles. The lowest BCUT2D eigenvalue weighted by Crippen LogP contribution is -2.43. The molecule has 0 unspecified atom stereocenters. The van der Waals surface area contributed by atoms with Crippen LogP contribution in [0.1, 0.15) is 37.6 Å². The highest BCUT2D eigenvalue weighted by Crippen LogP contribution is 2.27. The minimum absolute atomic E-state index is 0.145. The molecule has 27 heavy (non-hydrogen) atoms. The van der Waals surface area contributed by atoms with E-state index in [9.17, 15) is 13.2 Å². The average molecular weight is 429 g/mol. The highest BCUT2D eigenvalue weighted by molar-refractivity contribution is 7.89. The Morgan fingerprint density at radius 1 is 1.30 bits per heavy atom. The molecule has 1 aromatic heterocycles. The van der Waals surface area contributed by atoms with E-state index in [1.54, 1.807) is 12.1 Å². The maximum absolute atomic E-state index is 12.8. The van der Waals surface area contributed by atoms with Gasteiger partial charge in [0.2, 0.25) is 21.1 Å². The van der Waals surface area contributed by atoms with Gasteiger partial charge >= 0.3 is 0 Å². The fourth-order valence-corrected chi connectivity index (χ4v) is 5.25. The second kappa shape index (κ2) is 8.22. The number of hydrogen-bond acceptors (Lipinski definition) is 6. The Morgan fingerprint density at radius 2 is 2.00 bits per heavy atom. The molecule has 7 nitrogen and oxygen atoms in total. The number of nitrogens with one attached hydrogen (secondary N) is 1. The molecule has 3 rings (SSSR count). The summed E-state index contributed by atoms with van der Waals surface area (Å²) in [4.78, 5) is 12.8. The van der Waals surface area contributed by atoms with Crippen molar-refractivity contribution in [2.24, 2.45) is 5.92 Å². The van der Waals surface area contributed by atoms with Crippen molar-refractivity contribution in [3.63, 3.8) is 0 Å². The van der Waals surface area contributed by atoms with Crippen molar-refractivity contribution in [1.29, 1.82) is 0 Å². The minimum atomic E-state index is -3.66. The van der Waals surface area contributed by atoms with E-state index < -0.39 is 15.9 Å². The Kier molecular flexibility index (Phi) is 6.15. The molecule has 1 aliphatic heterocycles. The van der Waals surface area contributed by atoms with E-state index in [2.05, 4.69) is 15.5 Å². The molecule has 0 radical (unpaired) electrons. The van der Waals surface area contributed by atoms with Crippen molar-refractivity contribution < 1.29 is 13.2 Å². The summed E-state index contributed by atoms with van der Waals surface area (Å²) < 4.78 is 27.0. The number of carbonyl (C=O) groups excluding carboxylic acids is 1. The summed E-state index contributed by atoms with van der Waals surface area (Å²) in [5, 5.41) is 12.6. The topological polar surface area (TPSA) is 92.3 Å². The van der Waals surface area contributed by atoms with Crippen molar-refractivity contribution >= 4 is 44.0 Å².